The molecule has 2 atom stereocenters. The fraction of sp³-hybridized carbons (Fsp3) is 0.368. The van der Waals surface area contributed by atoms with Crippen LogP contribution in [0.3, 0.4) is 0 Å². The van der Waals surface area contributed by atoms with Gasteiger partial charge in [0.25, 0.3) is 0 Å². The minimum atomic E-state index is -0.662. The van der Waals surface area contributed by atoms with E-state index in [1.54, 1.807) is 0 Å². The first-order chi connectivity index (χ1) is 12.9. The van der Waals surface area contributed by atoms with Gasteiger partial charge in [0, 0.05) is 34.7 Å². The van der Waals surface area contributed by atoms with E-state index in [-0.39, 0.29) is 30.1 Å². The predicted octanol–water partition coefficient (Wildman–Crippen LogP) is 5.13. The Morgan fingerprint density at radius 3 is 2.68 bits per heavy atom. The second kappa shape index (κ2) is 11.0. The summed E-state index contributed by atoms with van der Waals surface area (Å²) in [5, 5.41) is 10.6. The topological polar surface area (TPSA) is 41.9 Å². The summed E-state index contributed by atoms with van der Waals surface area (Å²) in [5.74, 6) is 0.167. The molecule has 0 bridgehead atoms. The van der Waals surface area contributed by atoms with Gasteiger partial charge in [0.1, 0.15) is 24.3 Å². The Hall–Kier alpha value is -0.600. The molecular formula is C19H20BrCl3FNO3. The Bertz CT molecular complexity index is 782. The minimum absolute atomic E-state index is 0. The van der Waals surface area contributed by atoms with Gasteiger partial charge in [-0.1, -0.05) is 39.1 Å². The first kappa shape index (κ1) is 23.7. The molecule has 0 radical (unpaired) electrons. The number of hydrogen-bond donors (Lipinski definition) is 1. The van der Waals surface area contributed by atoms with Crippen molar-refractivity contribution in [2.45, 2.75) is 12.2 Å². The number of hydrogen-bond acceptors (Lipinski definition) is 4. The molecule has 0 spiro atoms. The molecule has 0 saturated carbocycles. The first-order valence-electron chi connectivity index (χ1n) is 8.47. The molecule has 9 heteroatoms. The number of ether oxygens (including phenoxy) is 2. The third-order valence-electron chi connectivity index (χ3n) is 4.26. The van der Waals surface area contributed by atoms with Crippen LogP contribution < -0.4 is 4.74 Å². The summed E-state index contributed by atoms with van der Waals surface area (Å²) in [5.41, 5.74) is 0.559. The molecule has 1 aliphatic heterocycles. The highest BCUT2D eigenvalue weighted by atomic mass is 79.9. The maximum atomic E-state index is 13.8. The average molecular weight is 516 g/mol. The largest absolute Gasteiger partial charge is 0.491 e. The SMILES string of the molecule is Cl.OC(COc1ccc(Br)cc1)CN1CCOC(c2cc(F)c(Cl)cc2Cl)C1. The van der Waals surface area contributed by atoms with Crippen molar-refractivity contribution in [2.24, 2.45) is 0 Å². The molecule has 0 amide bonds. The minimum Gasteiger partial charge on any atom is -0.491 e. The molecule has 3 rings (SSSR count). The summed E-state index contributed by atoms with van der Waals surface area (Å²) in [6, 6.07) is 10.1. The quantitative estimate of drug-likeness (QED) is 0.542. The van der Waals surface area contributed by atoms with Gasteiger partial charge in [-0.05, 0) is 36.4 Å². The molecule has 28 heavy (non-hydrogen) atoms. The third kappa shape index (κ3) is 6.46. The average Bonchev–Trinajstić information content (AvgIpc) is 2.64. The van der Waals surface area contributed by atoms with E-state index in [4.69, 9.17) is 32.7 Å². The zero-order valence-electron chi connectivity index (χ0n) is 14.8. The van der Waals surface area contributed by atoms with E-state index in [2.05, 4.69) is 15.9 Å². The maximum absolute atomic E-state index is 13.8. The first-order valence-corrected chi connectivity index (χ1v) is 10.0. The molecule has 1 saturated heterocycles. The van der Waals surface area contributed by atoms with Crippen LogP contribution in [0.1, 0.15) is 11.7 Å². The highest BCUT2D eigenvalue weighted by Gasteiger charge is 2.26. The van der Waals surface area contributed by atoms with Crippen molar-refractivity contribution in [2.75, 3.05) is 32.8 Å². The molecule has 1 fully saturated rings. The lowest BCUT2D eigenvalue weighted by atomic mass is 10.1. The van der Waals surface area contributed by atoms with Gasteiger partial charge < -0.3 is 14.6 Å². The summed E-state index contributed by atoms with van der Waals surface area (Å²) in [6.07, 6.45) is -1.04. The number of aliphatic hydroxyl groups is 1. The van der Waals surface area contributed by atoms with Gasteiger partial charge in [-0.25, -0.2) is 4.39 Å². The van der Waals surface area contributed by atoms with E-state index < -0.39 is 11.9 Å². The van der Waals surface area contributed by atoms with Crippen LogP contribution >= 0.6 is 51.5 Å². The number of aliphatic hydroxyl groups excluding tert-OH is 1. The molecular weight excluding hydrogens is 495 g/mol. The standard InChI is InChI=1S/C19H19BrCl2FNO3.ClH/c20-12-1-3-14(4-2-12)27-11-13(25)9-24-5-6-26-19(10-24)15-7-18(23)17(22)8-16(15)21;/h1-4,7-8,13,19,25H,5-6,9-11H2;1H. The Kier molecular flexibility index (Phi) is 9.28. The second-order valence-electron chi connectivity index (χ2n) is 6.33. The number of halogens is 5. The van der Waals surface area contributed by atoms with E-state index in [1.807, 2.05) is 29.2 Å². The molecule has 2 aromatic carbocycles. The highest BCUT2D eigenvalue weighted by molar-refractivity contribution is 9.10. The van der Waals surface area contributed by atoms with E-state index in [0.29, 0.717) is 42.6 Å². The van der Waals surface area contributed by atoms with Gasteiger partial charge in [0.2, 0.25) is 0 Å². The van der Waals surface area contributed by atoms with Crippen LogP contribution in [-0.2, 0) is 4.74 Å². The van der Waals surface area contributed by atoms with Crippen molar-refractivity contribution in [3.05, 3.63) is 62.3 Å². The molecule has 1 heterocycles. The molecule has 1 aliphatic rings. The van der Waals surface area contributed by atoms with E-state index in [0.717, 1.165) is 4.47 Å². The molecule has 0 aliphatic carbocycles. The highest BCUT2D eigenvalue weighted by Crippen LogP contribution is 2.32. The smallest absolute Gasteiger partial charge is 0.142 e. The van der Waals surface area contributed by atoms with Crippen molar-refractivity contribution >= 4 is 51.5 Å². The van der Waals surface area contributed by atoms with Crippen LogP contribution in [0.25, 0.3) is 0 Å². The summed E-state index contributed by atoms with van der Waals surface area (Å²) < 4.78 is 26.1. The van der Waals surface area contributed by atoms with Gasteiger partial charge in [-0.15, -0.1) is 12.4 Å². The van der Waals surface area contributed by atoms with E-state index >= 15 is 0 Å². The summed E-state index contributed by atoms with van der Waals surface area (Å²) in [6.45, 7) is 2.23. The number of β-amino-alcohol motifs (C(OH)–C–C–N with tert-alkyl or cyclic N) is 1. The third-order valence-corrected chi connectivity index (χ3v) is 5.41. The van der Waals surface area contributed by atoms with Crippen LogP contribution in [0.4, 0.5) is 4.39 Å². The summed E-state index contributed by atoms with van der Waals surface area (Å²) in [7, 11) is 0. The van der Waals surface area contributed by atoms with Crippen molar-refractivity contribution in [1.29, 1.82) is 0 Å². The van der Waals surface area contributed by atoms with Crippen LogP contribution in [0.15, 0.2) is 40.9 Å². The second-order valence-corrected chi connectivity index (χ2v) is 8.06. The fourth-order valence-corrected chi connectivity index (χ4v) is 3.68. The van der Waals surface area contributed by atoms with Gasteiger partial charge in [0.05, 0.1) is 17.7 Å². The van der Waals surface area contributed by atoms with Crippen LogP contribution in [0, 0.1) is 5.82 Å². The maximum Gasteiger partial charge on any atom is 0.142 e. The van der Waals surface area contributed by atoms with Gasteiger partial charge in [-0.2, -0.15) is 0 Å². The van der Waals surface area contributed by atoms with Crippen molar-refractivity contribution in [3.8, 4) is 5.75 Å². The van der Waals surface area contributed by atoms with Crippen molar-refractivity contribution in [1.82, 2.24) is 4.90 Å². The molecule has 1 N–H and O–H groups in total. The molecule has 2 unspecified atom stereocenters. The zero-order valence-corrected chi connectivity index (χ0v) is 18.7. The normalized spacial score (nSPS) is 18.4. The molecule has 154 valence electrons. The van der Waals surface area contributed by atoms with Gasteiger partial charge >= 0.3 is 0 Å². The van der Waals surface area contributed by atoms with E-state index in [9.17, 15) is 9.50 Å². The van der Waals surface area contributed by atoms with E-state index in [1.165, 1.54) is 12.1 Å². The number of nitrogens with zero attached hydrogens (tertiary/aromatic N) is 1. The van der Waals surface area contributed by atoms with Crippen molar-refractivity contribution in [3.63, 3.8) is 0 Å². The number of benzene rings is 2. The molecule has 0 aromatic heterocycles. The fourth-order valence-electron chi connectivity index (χ4n) is 2.92. The summed E-state index contributed by atoms with van der Waals surface area (Å²) >= 11 is 15.3. The monoisotopic (exact) mass is 513 g/mol. The number of morpholine rings is 1. The Morgan fingerprint density at radius 1 is 1.25 bits per heavy atom. The Labute approximate surface area is 188 Å². The lowest BCUT2D eigenvalue weighted by molar-refractivity contribution is -0.0460. The zero-order chi connectivity index (χ0) is 19.4. The number of rotatable bonds is 6. The van der Waals surface area contributed by atoms with Crippen LogP contribution in [0.5, 0.6) is 5.75 Å². The summed E-state index contributed by atoms with van der Waals surface area (Å²) in [4.78, 5) is 2.05. The Balaban J connectivity index is 0.00000280. The van der Waals surface area contributed by atoms with Crippen LogP contribution in [-0.4, -0.2) is 49.0 Å². The van der Waals surface area contributed by atoms with Crippen LogP contribution in [0.2, 0.25) is 10.0 Å². The molecule has 4 nitrogen and oxygen atoms in total. The van der Waals surface area contributed by atoms with Gasteiger partial charge in [0.15, 0.2) is 0 Å². The Morgan fingerprint density at radius 2 is 1.96 bits per heavy atom. The van der Waals surface area contributed by atoms with Gasteiger partial charge in [-0.3, -0.25) is 4.90 Å². The lowest BCUT2D eigenvalue weighted by Crippen LogP contribution is -2.43. The van der Waals surface area contributed by atoms with Crippen molar-refractivity contribution < 1.29 is 19.0 Å². The molecule has 2 aromatic rings. The predicted molar refractivity (Wildman–Crippen MR) is 114 cm³/mol. The lowest BCUT2D eigenvalue weighted by Gasteiger charge is -2.34.